The number of piperidine rings is 1. The van der Waals surface area contributed by atoms with Gasteiger partial charge in [0.25, 0.3) is 5.91 Å². The number of rotatable bonds is 3. The summed E-state index contributed by atoms with van der Waals surface area (Å²) in [7, 11) is 0. The van der Waals surface area contributed by atoms with Crippen LogP contribution in [0.25, 0.3) is 0 Å². The average molecular weight is 294 g/mol. The lowest BCUT2D eigenvalue weighted by atomic mass is 9.74. The van der Waals surface area contributed by atoms with Crippen molar-refractivity contribution < 1.29 is 19.1 Å². The molecular formula is C15H19FN2O3. The van der Waals surface area contributed by atoms with Gasteiger partial charge in [0.2, 0.25) is 0 Å². The minimum absolute atomic E-state index is 0.104. The van der Waals surface area contributed by atoms with Gasteiger partial charge in [0.1, 0.15) is 11.5 Å². The van der Waals surface area contributed by atoms with Crippen molar-refractivity contribution in [2.75, 3.05) is 13.1 Å². The molecule has 1 unspecified atom stereocenters. The Kier molecular flexibility index (Phi) is 4.25. The number of carbonyl (C=O) groups excluding carboxylic acids is 1. The predicted molar refractivity (Wildman–Crippen MR) is 74.2 cm³/mol. The Morgan fingerprint density at radius 3 is 2.71 bits per heavy atom. The molecule has 2 rings (SSSR count). The van der Waals surface area contributed by atoms with Gasteiger partial charge in [-0.3, -0.25) is 9.59 Å². The highest BCUT2D eigenvalue weighted by Crippen LogP contribution is 2.34. The summed E-state index contributed by atoms with van der Waals surface area (Å²) in [6.45, 7) is 4.33. The van der Waals surface area contributed by atoms with Crippen molar-refractivity contribution >= 4 is 11.9 Å². The molecule has 1 aromatic rings. The van der Waals surface area contributed by atoms with Crippen LogP contribution in [0.4, 0.5) is 4.39 Å². The lowest BCUT2D eigenvalue weighted by molar-refractivity contribution is -0.151. The van der Waals surface area contributed by atoms with E-state index in [2.05, 4.69) is 4.98 Å². The second kappa shape index (κ2) is 5.79. The van der Waals surface area contributed by atoms with Gasteiger partial charge in [-0.15, -0.1) is 0 Å². The summed E-state index contributed by atoms with van der Waals surface area (Å²) >= 11 is 0. The first-order valence-electron chi connectivity index (χ1n) is 6.96. The first-order valence-corrected chi connectivity index (χ1v) is 6.96. The number of pyridine rings is 1. The third kappa shape index (κ3) is 3.20. The van der Waals surface area contributed by atoms with Crippen LogP contribution in [0.1, 0.15) is 37.2 Å². The zero-order valence-corrected chi connectivity index (χ0v) is 12.2. The largest absolute Gasteiger partial charge is 0.481 e. The van der Waals surface area contributed by atoms with E-state index in [4.69, 9.17) is 0 Å². The number of carbonyl (C=O) groups is 2. The highest BCUT2D eigenvalue weighted by Gasteiger charge is 2.40. The van der Waals surface area contributed by atoms with Crippen LogP contribution in [-0.4, -0.2) is 40.0 Å². The molecule has 1 aromatic heterocycles. The fraction of sp³-hybridized carbons (Fsp3) is 0.533. The molecule has 0 aromatic carbocycles. The Bertz CT molecular complexity index is 542. The molecule has 2 heterocycles. The molecule has 0 aliphatic carbocycles. The summed E-state index contributed by atoms with van der Waals surface area (Å²) in [6, 6.07) is 2.55. The quantitative estimate of drug-likeness (QED) is 0.927. The highest BCUT2D eigenvalue weighted by atomic mass is 19.1. The molecule has 0 saturated carbocycles. The van der Waals surface area contributed by atoms with E-state index in [1.165, 1.54) is 12.1 Å². The second-order valence-corrected chi connectivity index (χ2v) is 5.98. The van der Waals surface area contributed by atoms with Crippen molar-refractivity contribution in [3.8, 4) is 0 Å². The Hall–Kier alpha value is -1.98. The number of hydrogen-bond acceptors (Lipinski definition) is 3. The maximum absolute atomic E-state index is 12.8. The molecule has 1 atom stereocenters. The number of halogens is 1. The third-order valence-electron chi connectivity index (χ3n) is 4.23. The lowest BCUT2D eigenvalue weighted by Crippen LogP contribution is -2.47. The Balaban J connectivity index is 2.12. The SMILES string of the molecule is CC(C)(C(=O)O)C1CCCN(C(=O)c2ccc(F)cn2)C1. The number of aromatic nitrogens is 1. The van der Waals surface area contributed by atoms with Gasteiger partial charge >= 0.3 is 5.97 Å². The predicted octanol–water partition coefficient (Wildman–Crippen LogP) is 2.18. The molecule has 6 heteroatoms. The van der Waals surface area contributed by atoms with E-state index in [-0.39, 0.29) is 17.5 Å². The number of likely N-dealkylation sites (tertiary alicyclic amines) is 1. The van der Waals surface area contributed by atoms with Crippen LogP contribution in [0.5, 0.6) is 0 Å². The van der Waals surface area contributed by atoms with E-state index in [9.17, 15) is 19.1 Å². The Morgan fingerprint density at radius 1 is 1.43 bits per heavy atom. The number of carboxylic acid groups (broad SMARTS) is 1. The van der Waals surface area contributed by atoms with E-state index < -0.39 is 17.2 Å². The summed E-state index contributed by atoms with van der Waals surface area (Å²) in [5.41, 5.74) is -0.694. The monoisotopic (exact) mass is 294 g/mol. The van der Waals surface area contributed by atoms with Gasteiger partial charge in [-0.2, -0.15) is 0 Å². The zero-order valence-electron chi connectivity index (χ0n) is 12.2. The van der Waals surface area contributed by atoms with Gasteiger partial charge in [0, 0.05) is 13.1 Å². The van der Waals surface area contributed by atoms with Gasteiger partial charge in [-0.05, 0) is 44.7 Å². The van der Waals surface area contributed by atoms with Crippen molar-refractivity contribution in [1.29, 1.82) is 0 Å². The van der Waals surface area contributed by atoms with E-state index in [1.54, 1.807) is 18.7 Å². The number of aliphatic carboxylic acids is 1. The third-order valence-corrected chi connectivity index (χ3v) is 4.23. The number of carboxylic acids is 1. The summed E-state index contributed by atoms with van der Waals surface area (Å²) < 4.78 is 12.8. The van der Waals surface area contributed by atoms with Crippen LogP contribution >= 0.6 is 0 Å². The van der Waals surface area contributed by atoms with Gasteiger partial charge in [0.15, 0.2) is 0 Å². The molecule has 1 amide bonds. The molecule has 114 valence electrons. The Morgan fingerprint density at radius 2 is 2.14 bits per heavy atom. The lowest BCUT2D eigenvalue weighted by Gasteiger charge is -2.39. The Labute approximate surface area is 122 Å². The standard InChI is InChI=1S/C15H19FN2O3/c1-15(2,14(20)21)10-4-3-7-18(9-10)13(19)12-6-5-11(16)8-17-12/h5-6,8,10H,3-4,7,9H2,1-2H3,(H,20,21). The van der Waals surface area contributed by atoms with E-state index in [0.717, 1.165) is 19.0 Å². The second-order valence-electron chi connectivity index (χ2n) is 5.98. The van der Waals surface area contributed by atoms with Gasteiger partial charge in [-0.25, -0.2) is 9.37 Å². The number of hydrogen-bond donors (Lipinski definition) is 1. The topological polar surface area (TPSA) is 70.5 Å². The molecular weight excluding hydrogens is 275 g/mol. The number of nitrogens with zero attached hydrogens (tertiary/aromatic N) is 2. The summed E-state index contributed by atoms with van der Waals surface area (Å²) in [5.74, 6) is -1.73. The summed E-state index contributed by atoms with van der Waals surface area (Å²) in [4.78, 5) is 29.1. The fourth-order valence-electron chi connectivity index (χ4n) is 2.59. The summed E-state index contributed by atoms with van der Waals surface area (Å²) in [6.07, 6.45) is 2.55. The normalized spacial score (nSPS) is 19.4. The molecule has 0 radical (unpaired) electrons. The molecule has 0 bridgehead atoms. The minimum atomic E-state index is -0.880. The van der Waals surface area contributed by atoms with E-state index in [1.807, 2.05) is 0 Å². The summed E-state index contributed by atoms with van der Waals surface area (Å²) in [5, 5.41) is 9.31. The van der Waals surface area contributed by atoms with Crippen molar-refractivity contribution in [1.82, 2.24) is 9.88 Å². The van der Waals surface area contributed by atoms with Crippen LogP contribution in [-0.2, 0) is 4.79 Å². The maximum Gasteiger partial charge on any atom is 0.309 e. The van der Waals surface area contributed by atoms with Crippen molar-refractivity contribution in [2.24, 2.45) is 11.3 Å². The first kappa shape index (κ1) is 15.4. The number of amides is 1. The molecule has 1 fully saturated rings. The van der Waals surface area contributed by atoms with Crippen molar-refractivity contribution in [2.45, 2.75) is 26.7 Å². The molecule has 1 saturated heterocycles. The molecule has 0 spiro atoms. The molecule has 1 N–H and O–H groups in total. The first-order chi connectivity index (χ1) is 9.82. The van der Waals surface area contributed by atoms with Crippen molar-refractivity contribution in [3.63, 3.8) is 0 Å². The van der Waals surface area contributed by atoms with Crippen LogP contribution in [0.3, 0.4) is 0 Å². The highest BCUT2D eigenvalue weighted by molar-refractivity contribution is 5.92. The van der Waals surface area contributed by atoms with Crippen LogP contribution < -0.4 is 0 Å². The van der Waals surface area contributed by atoms with Crippen LogP contribution in [0.15, 0.2) is 18.3 Å². The van der Waals surface area contributed by atoms with Crippen LogP contribution in [0, 0.1) is 17.2 Å². The van der Waals surface area contributed by atoms with Crippen molar-refractivity contribution in [3.05, 3.63) is 29.8 Å². The molecule has 1 aliphatic rings. The van der Waals surface area contributed by atoms with E-state index in [0.29, 0.717) is 13.1 Å². The van der Waals surface area contributed by atoms with E-state index >= 15 is 0 Å². The smallest absolute Gasteiger partial charge is 0.309 e. The fourth-order valence-corrected chi connectivity index (χ4v) is 2.59. The molecule has 1 aliphatic heterocycles. The molecule has 5 nitrogen and oxygen atoms in total. The van der Waals surface area contributed by atoms with Gasteiger partial charge < -0.3 is 10.0 Å². The maximum atomic E-state index is 12.8. The van der Waals surface area contributed by atoms with Crippen LogP contribution in [0.2, 0.25) is 0 Å². The molecule has 21 heavy (non-hydrogen) atoms. The van der Waals surface area contributed by atoms with Gasteiger partial charge in [0.05, 0.1) is 11.6 Å². The van der Waals surface area contributed by atoms with Gasteiger partial charge in [-0.1, -0.05) is 0 Å². The zero-order chi connectivity index (χ0) is 15.6. The average Bonchev–Trinajstić information content (AvgIpc) is 2.47. The minimum Gasteiger partial charge on any atom is -0.481 e.